The third-order valence-corrected chi connectivity index (χ3v) is 6.34. The molecular formula is C14H28N2OS. The lowest BCUT2D eigenvalue weighted by molar-refractivity contribution is 0.0274. The smallest absolute Gasteiger partial charge is 0.0491 e. The van der Waals surface area contributed by atoms with Crippen molar-refractivity contribution >= 4 is 11.8 Å². The predicted molar refractivity (Wildman–Crippen MR) is 79.1 cm³/mol. The fraction of sp³-hybridized carbons (Fsp3) is 1.00. The average molecular weight is 272 g/mol. The van der Waals surface area contributed by atoms with Crippen molar-refractivity contribution in [1.82, 2.24) is 4.90 Å². The Kier molecular flexibility index (Phi) is 5.36. The molecule has 0 amide bonds. The van der Waals surface area contributed by atoms with Crippen LogP contribution in [0.4, 0.5) is 0 Å². The monoisotopic (exact) mass is 272 g/mol. The van der Waals surface area contributed by atoms with Gasteiger partial charge in [-0.15, -0.1) is 0 Å². The van der Waals surface area contributed by atoms with Crippen LogP contribution in [0.2, 0.25) is 0 Å². The number of rotatable bonds is 4. The molecule has 2 atom stereocenters. The molecule has 2 aliphatic heterocycles. The second kappa shape index (κ2) is 6.60. The van der Waals surface area contributed by atoms with Crippen molar-refractivity contribution in [3.63, 3.8) is 0 Å². The normalized spacial score (nSPS) is 35.8. The van der Waals surface area contributed by atoms with Crippen LogP contribution >= 0.6 is 11.8 Å². The summed E-state index contributed by atoms with van der Waals surface area (Å²) in [6.45, 7) is 6.52. The molecule has 4 heteroatoms. The van der Waals surface area contributed by atoms with E-state index in [9.17, 15) is 0 Å². The Hall–Kier alpha value is 0.230. The van der Waals surface area contributed by atoms with E-state index in [-0.39, 0.29) is 5.54 Å². The predicted octanol–water partition coefficient (Wildman–Crippen LogP) is 1.96. The highest BCUT2D eigenvalue weighted by Crippen LogP contribution is 2.39. The molecule has 0 aromatic carbocycles. The molecule has 2 aliphatic rings. The van der Waals surface area contributed by atoms with E-state index in [1.54, 1.807) is 0 Å². The largest absolute Gasteiger partial charge is 0.384 e. The van der Waals surface area contributed by atoms with Gasteiger partial charge in [-0.05, 0) is 50.4 Å². The van der Waals surface area contributed by atoms with E-state index in [1.165, 1.54) is 44.5 Å². The molecule has 2 rings (SSSR count). The van der Waals surface area contributed by atoms with Gasteiger partial charge in [-0.25, -0.2) is 0 Å². The first kappa shape index (κ1) is 14.6. The van der Waals surface area contributed by atoms with E-state index < -0.39 is 0 Å². The summed E-state index contributed by atoms with van der Waals surface area (Å²) in [5.74, 6) is 2.07. The molecule has 2 N–H and O–H groups in total. The van der Waals surface area contributed by atoms with Crippen molar-refractivity contribution in [3.05, 3.63) is 0 Å². The third-order valence-electron chi connectivity index (χ3n) is 4.88. The molecule has 0 aromatic rings. The summed E-state index contributed by atoms with van der Waals surface area (Å²) in [7, 11) is 1.81. The minimum Gasteiger partial charge on any atom is -0.384 e. The van der Waals surface area contributed by atoms with Crippen molar-refractivity contribution in [3.8, 4) is 0 Å². The maximum Gasteiger partial charge on any atom is 0.0491 e. The number of ether oxygens (including phenoxy) is 1. The van der Waals surface area contributed by atoms with Crippen LogP contribution < -0.4 is 5.73 Å². The topological polar surface area (TPSA) is 38.5 Å². The lowest BCUT2D eigenvalue weighted by Gasteiger charge is -2.51. The molecule has 2 heterocycles. The molecule has 0 spiro atoms. The van der Waals surface area contributed by atoms with Gasteiger partial charge in [0.25, 0.3) is 0 Å². The SMILES string of the molecule is COCC1CCN(C2(CN)CCCSC2C)CC1. The fourth-order valence-electron chi connectivity index (χ4n) is 3.59. The van der Waals surface area contributed by atoms with E-state index in [4.69, 9.17) is 10.5 Å². The van der Waals surface area contributed by atoms with Gasteiger partial charge in [0.05, 0.1) is 0 Å². The summed E-state index contributed by atoms with van der Waals surface area (Å²) in [4.78, 5) is 2.69. The van der Waals surface area contributed by atoms with Gasteiger partial charge in [0.2, 0.25) is 0 Å². The van der Waals surface area contributed by atoms with Crippen LogP contribution in [0.15, 0.2) is 0 Å². The zero-order valence-electron chi connectivity index (χ0n) is 11.9. The lowest BCUT2D eigenvalue weighted by Crippen LogP contribution is -2.62. The van der Waals surface area contributed by atoms with Gasteiger partial charge in [-0.1, -0.05) is 6.92 Å². The summed E-state index contributed by atoms with van der Waals surface area (Å²) in [6, 6.07) is 0. The Bertz CT molecular complexity index is 256. The summed E-state index contributed by atoms with van der Waals surface area (Å²) < 4.78 is 5.29. The first-order chi connectivity index (χ1) is 8.73. The number of likely N-dealkylation sites (tertiary alicyclic amines) is 1. The van der Waals surface area contributed by atoms with Crippen molar-refractivity contribution in [2.45, 2.75) is 43.4 Å². The molecule has 0 aromatic heterocycles. The van der Waals surface area contributed by atoms with E-state index >= 15 is 0 Å². The number of methoxy groups -OCH3 is 1. The highest BCUT2D eigenvalue weighted by molar-refractivity contribution is 8.00. The van der Waals surface area contributed by atoms with E-state index in [0.29, 0.717) is 5.25 Å². The first-order valence-electron chi connectivity index (χ1n) is 7.28. The van der Waals surface area contributed by atoms with Crippen molar-refractivity contribution in [1.29, 1.82) is 0 Å². The van der Waals surface area contributed by atoms with Crippen LogP contribution in [0, 0.1) is 5.92 Å². The van der Waals surface area contributed by atoms with E-state index in [0.717, 1.165) is 19.1 Å². The number of hydrogen-bond donors (Lipinski definition) is 1. The van der Waals surface area contributed by atoms with Crippen LogP contribution in [0.3, 0.4) is 0 Å². The molecule has 0 saturated carbocycles. The molecule has 0 bridgehead atoms. The summed E-state index contributed by atoms with van der Waals surface area (Å²) in [6.07, 6.45) is 5.15. The minimum atomic E-state index is 0.265. The fourth-order valence-corrected chi connectivity index (χ4v) is 4.93. The van der Waals surface area contributed by atoms with Gasteiger partial charge in [0.15, 0.2) is 0 Å². The molecular weight excluding hydrogens is 244 g/mol. The lowest BCUT2D eigenvalue weighted by atomic mass is 9.84. The van der Waals surface area contributed by atoms with Crippen LogP contribution in [-0.4, -0.2) is 54.8 Å². The average Bonchev–Trinajstić information content (AvgIpc) is 2.41. The zero-order valence-corrected chi connectivity index (χ0v) is 12.7. The Morgan fingerprint density at radius 1 is 1.39 bits per heavy atom. The van der Waals surface area contributed by atoms with Gasteiger partial charge in [-0.3, -0.25) is 4.90 Å². The van der Waals surface area contributed by atoms with Crippen molar-refractivity contribution in [2.24, 2.45) is 11.7 Å². The Morgan fingerprint density at radius 3 is 2.67 bits per heavy atom. The number of hydrogen-bond acceptors (Lipinski definition) is 4. The molecule has 2 fully saturated rings. The van der Waals surface area contributed by atoms with Crippen molar-refractivity contribution in [2.75, 3.05) is 39.1 Å². The minimum absolute atomic E-state index is 0.265. The summed E-state index contributed by atoms with van der Waals surface area (Å²) in [5, 5.41) is 0.676. The third kappa shape index (κ3) is 2.87. The van der Waals surface area contributed by atoms with E-state index in [1.807, 2.05) is 7.11 Å². The second-order valence-electron chi connectivity index (χ2n) is 5.81. The highest BCUT2D eigenvalue weighted by Gasteiger charge is 2.43. The zero-order chi connectivity index (χ0) is 13.0. The molecule has 106 valence electrons. The summed E-state index contributed by atoms with van der Waals surface area (Å²) >= 11 is 2.11. The Morgan fingerprint density at radius 2 is 2.11 bits per heavy atom. The quantitative estimate of drug-likeness (QED) is 0.849. The highest BCUT2D eigenvalue weighted by atomic mass is 32.2. The van der Waals surface area contributed by atoms with Gasteiger partial charge in [-0.2, -0.15) is 11.8 Å². The Labute approximate surface area is 116 Å². The molecule has 18 heavy (non-hydrogen) atoms. The van der Waals surface area contributed by atoms with Crippen LogP contribution in [0.5, 0.6) is 0 Å². The maximum absolute atomic E-state index is 6.17. The van der Waals surface area contributed by atoms with Crippen LogP contribution in [0.25, 0.3) is 0 Å². The van der Waals surface area contributed by atoms with Gasteiger partial charge in [0, 0.05) is 31.1 Å². The molecule has 0 radical (unpaired) electrons. The number of thioether (sulfide) groups is 1. The van der Waals surface area contributed by atoms with Gasteiger partial charge < -0.3 is 10.5 Å². The summed E-state index contributed by atoms with van der Waals surface area (Å²) in [5.41, 5.74) is 6.44. The van der Waals surface area contributed by atoms with Gasteiger partial charge in [0.1, 0.15) is 0 Å². The maximum atomic E-state index is 6.17. The number of nitrogens with two attached hydrogens (primary N) is 1. The molecule has 2 saturated heterocycles. The molecule has 0 aliphatic carbocycles. The van der Waals surface area contributed by atoms with E-state index in [2.05, 4.69) is 23.6 Å². The second-order valence-corrected chi connectivity index (χ2v) is 7.26. The Balaban J connectivity index is 1.97. The first-order valence-corrected chi connectivity index (χ1v) is 8.33. The van der Waals surface area contributed by atoms with Gasteiger partial charge >= 0.3 is 0 Å². The van der Waals surface area contributed by atoms with Crippen LogP contribution in [0.1, 0.15) is 32.6 Å². The van der Waals surface area contributed by atoms with Crippen molar-refractivity contribution < 1.29 is 4.74 Å². The van der Waals surface area contributed by atoms with Crippen LogP contribution in [-0.2, 0) is 4.74 Å². The molecule has 2 unspecified atom stereocenters. The molecule has 3 nitrogen and oxygen atoms in total. The number of nitrogens with zero attached hydrogens (tertiary/aromatic N) is 1. The number of piperidine rings is 1. The standard InChI is InChI=1S/C14H28N2OS/c1-12-14(11-15,6-3-9-18-12)16-7-4-13(5-8-16)10-17-2/h12-13H,3-11,15H2,1-2H3.